The van der Waals surface area contributed by atoms with E-state index in [9.17, 15) is 4.39 Å². The van der Waals surface area contributed by atoms with Crippen LogP contribution in [0.4, 0.5) is 4.39 Å². The number of benzene rings is 2. The van der Waals surface area contributed by atoms with Gasteiger partial charge in [0.1, 0.15) is 5.75 Å². The van der Waals surface area contributed by atoms with Crippen LogP contribution in [0.2, 0.25) is 0 Å². The fourth-order valence-electron chi connectivity index (χ4n) is 2.83. The van der Waals surface area contributed by atoms with Crippen molar-refractivity contribution in [3.63, 3.8) is 0 Å². The van der Waals surface area contributed by atoms with Crippen molar-refractivity contribution in [3.05, 3.63) is 53.8 Å². The highest BCUT2D eigenvalue weighted by atomic mass is 32.2. The Morgan fingerprint density at radius 3 is 2.39 bits per heavy atom. The van der Waals surface area contributed by atoms with E-state index in [-0.39, 0.29) is 11.6 Å². The van der Waals surface area contributed by atoms with Crippen molar-refractivity contribution in [1.29, 1.82) is 0 Å². The van der Waals surface area contributed by atoms with Crippen LogP contribution in [0.3, 0.4) is 0 Å². The number of rotatable bonds is 8. The molecule has 0 fully saturated rings. The van der Waals surface area contributed by atoms with Crippen molar-refractivity contribution in [3.8, 4) is 22.9 Å². The molecule has 0 unspecified atom stereocenters. The number of ether oxygens (including phenoxy) is 2. The first-order valence-corrected chi connectivity index (χ1v) is 10.0. The molecule has 1 aromatic heterocycles. The highest BCUT2D eigenvalue weighted by Gasteiger charge is 2.16. The molecule has 0 aliphatic carbocycles. The molecule has 3 aromatic rings. The minimum absolute atomic E-state index is 0.249. The van der Waals surface area contributed by atoms with Gasteiger partial charge in [0.25, 0.3) is 0 Å². The summed E-state index contributed by atoms with van der Waals surface area (Å²) < 4.78 is 26.3. The standard InChI is InChI=1S/C21H24FN3O2S/c1-14(2)12-25-20(16-6-8-17(26-3)9-7-16)23-24-21(25)28-13-15-5-10-19(27-4)18(22)11-15/h5-11,14H,12-13H2,1-4H3. The SMILES string of the molecule is COc1ccc(-c2nnc(SCc3ccc(OC)c(F)c3)n2CC(C)C)cc1. The molecule has 0 N–H and O–H groups in total. The molecule has 0 saturated heterocycles. The van der Waals surface area contributed by atoms with Crippen LogP contribution < -0.4 is 9.47 Å². The van der Waals surface area contributed by atoms with Crippen LogP contribution in [-0.2, 0) is 12.3 Å². The molecule has 1 heterocycles. The second-order valence-electron chi connectivity index (χ2n) is 6.80. The molecule has 0 saturated carbocycles. The monoisotopic (exact) mass is 401 g/mol. The minimum Gasteiger partial charge on any atom is -0.497 e. The second kappa shape index (κ2) is 9.10. The Morgan fingerprint density at radius 1 is 1.04 bits per heavy atom. The number of hydrogen-bond acceptors (Lipinski definition) is 5. The maximum absolute atomic E-state index is 13.9. The third-order valence-electron chi connectivity index (χ3n) is 4.20. The topological polar surface area (TPSA) is 49.2 Å². The van der Waals surface area contributed by atoms with Crippen LogP contribution in [0.25, 0.3) is 11.4 Å². The van der Waals surface area contributed by atoms with Gasteiger partial charge in [0, 0.05) is 17.9 Å². The lowest BCUT2D eigenvalue weighted by atomic mass is 10.2. The first-order chi connectivity index (χ1) is 13.5. The Bertz CT molecular complexity index is 926. The van der Waals surface area contributed by atoms with Crippen LogP contribution >= 0.6 is 11.8 Å². The minimum atomic E-state index is -0.358. The van der Waals surface area contributed by atoms with E-state index >= 15 is 0 Å². The normalized spacial score (nSPS) is 11.1. The fourth-order valence-corrected chi connectivity index (χ4v) is 3.72. The molecule has 0 bridgehead atoms. The second-order valence-corrected chi connectivity index (χ2v) is 7.74. The van der Waals surface area contributed by atoms with Crippen molar-refractivity contribution >= 4 is 11.8 Å². The van der Waals surface area contributed by atoms with Crippen molar-refractivity contribution in [1.82, 2.24) is 14.8 Å². The van der Waals surface area contributed by atoms with Crippen LogP contribution in [0.5, 0.6) is 11.5 Å². The Labute approximate surface area is 168 Å². The summed E-state index contributed by atoms with van der Waals surface area (Å²) in [5, 5.41) is 9.61. The number of methoxy groups -OCH3 is 2. The zero-order valence-corrected chi connectivity index (χ0v) is 17.3. The molecule has 28 heavy (non-hydrogen) atoms. The molecular weight excluding hydrogens is 377 g/mol. The molecule has 3 rings (SSSR count). The van der Waals surface area contributed by atoms with Gasteiger partial charge in [-0.2, -0.15) is 0 Å². The lowest BCUT2D eigenvalue weighted by molar-refractivity contribution is 0.386. The van der Waals surface area contributed by atoms with Gasteiger partial charge < -0.3 is 14.0 Å². The molecule has 0 aliphatic heterocycles. The Kier molecular flexibility index (Phi) is 6.57. The zero-order valence-electron chi connectivity index (χ0n) is 16.5. The van der Waals surface area contributed by atoms with E-state index in [1.165, 1.54) is 13.2 Å². The average Bonchev–Trinajstić information content (AvgIpc) is 3.08. The van der Waals surface area contributed by atoms with Crippen molar-refractivity contribution in [2.75, 3.05) is 14.2 Å². The van der Waals surface area contributed by atoms with Gasteiger partial charge in [0.2, 0.25) is 0 Å². The van der Waals surface area contributed by atoms with Crippen LogP contribution in [0.15, 0.2) is 47.6 Å². The van der Waals surface area contributed by atoms with Gasteiger partial charge in [-0.3, -0.25) is 0 Å². The van der Waals surface area contributed by atoms with Gasteiger partial charge in [-0.05, 0) is 47.9 Å². The van der Waals surface area contributed by atoms with Gasteiger partial charge >= 0.3 is 0 Å². The maximum atomic E-state index is 13.9. The predicted molar refractivity (Wildman–Crippen MR) is 109 cm³/mol. The molecule has 0 aliphatic rings. The molecule has 148 valence electrons. The van der Waals surface area contributed by atoms with E-state index in [2.05, 4.69) is 28.6 Å². The summed E-state index contributed by atoms with van der Waals surface area (Å²) >= 11 is 1.54. The van der Waals surface area contributed by atoms with Crippen LogP contribution in [0.1, 0.15) is 19.4 Å². The maximum Gasteiger partial charge on any atom is 0.191 e. The van der Waals surface area contributed by atoms with E-state index in [0.29, 0.717) is 11.7 Å². The summed E-state index contributed by atoms with van der Waals surface area (Å²) in [5.74, 6) is 2.54. The molecule has 0 atom stereocenters. The van der Waals surface area contributed by atoms with Crippen LogP contribution in [-0.4, -0.2) is 29.0 Å². The molecule has 7 heteroatoms. The van der Waals surface area contributed by atoms with Crippen molar-refractivity contribution in [2.24, 2.45) is 5.92 Å². The van der Waals surface area contributed by atoms with Gasteiger partial charge in [0.05, 0.1) is 14.2 Å². The average molecular weight is 402 g/mol. The summed E-state index contributed by atoms with van der Waals surface area (Å²) in [7, 11) is 3.11. The molecule has 5 nitrogen and oxygen atoms in total. The van der Waals surface area contributed by atoms with Gasteiger partial charge in [-0.15, -0.1) is 10.2 Å². The van der Waals surface area contributed by atoms with E-state index in [1.807, 2.05) is 30.3 Å². The number of halogens is 1. The summed E-state index contributed by atoms with van der Waals surface area (Å²) in [6.45, 7) is 5.11. The zero-order chi connectivity index (χ0) is 20.1. The van der Waals surface area contributed by atoms with E-state index in [1.54, 1.807) is 24.9 Å². The fraction of sp³-hybridized carbons (Fsp3) is 0.333. The van der Waals surface area contributed by atoms with Crippen molar-refractivity contribution in [2.45, 2.75) is 31.3 Å². The molecule has 0 radical (unpaired) electrons. The van der Waals surface area contributed by atoms with E-state index < -0.39 is 0 Å². The third kappa shape index (κ3) is 4.65. The Morgan fingerprint density at radius 2 is 1.79 bits per heavy atom. The lowest BCUT2D eigenvalue weighted by Crippen LogP contribution is -2.08. The van der Waals surface area contributed by atoms with E-state index in [0.717, 1.165) is 34.4 Å². The van der Waals surface area contributed by atoms with Crippen LogP contribution in [0, 0.1) is 11.7 Å². The van der Waals surface area contributed by atoms with E-state index in [4.69, 9.17) is 9.47 Å². The summed E-state index contributed by atoms with van der Waals surface area (Å²) in [6, 6.07) is 12.8. The largest absolute Gasteiger partial charge is 0.497 e. The quantitative estimate of drug-likeness (QED) is 0.495. The predicted octanol–water partition coefficient (Wildman–Crippen LogP) is 5.05. The first-order valence-electron chi connectivity index (χ1n) is 9.04. The van der Waals surface area contributed by atoms with Gasteiger partial charge in [0.15, 0.2) is 22.5 Å². The molecular formula is C21H24FN3O2S. The number of thioether (sulfide) groups is 1. The Hall–Kier alpha value is -2.54. The summed E-state index contributed by atoms with van der Waals surface area (Å²) in [5.41, 5.74) is 1.85. The number of aromatic nitrogens is 3. The highest BCUT2D eigenvalue weighted by Crippen LogP contribution is 2.29. The summed E-state index contributed by atoms with van der Waals surface area (Å²) in [4.78, 5) is 0. The first kappa shape index (κ1) is 20.2. The van der Waals surface area contributed by atoms with Crippen molar-refractivity contribution < 1.29 is 13.9 Å². The highest BCUT2D eigenvalue weighted by molar-refractivity contribution is 7.98. The summed E-state index contributed by atoms with van der Waals surface area (Å²) in [6.07, 6.45) is 0. The Balaban J connectivity index is 1.84. The number of nitrogens with zero attached hydrogens (tertiary/aromatic N) is 3. The van der Waals surface area contributed by atoms with Gasteiger partial charge in [-0.1, -0.05) is 31.7 Å². The molecule has 0 amide bonds. The molecule has 2 aromatic carbocycles. The number of hydrogen-bond donors (Lipinski definition) is 0. The smallest absolute Gasteiger partial charge is 0.191 e. The third-order valence-corrected chi connectivity index (χ3v) is 5.23. The lowest BCUT2D eigenvalue weighted by Gasteiger charge is -2.13. The molecule has 0 spiro atoms. The van der Waals surface area contributed by atoms with Gasteiger partial charge in [-0.25, -0.2) is 4.39 Å².